The number of rotatable bonds is 2. The van der Waals surface area contributed by atoms with Gasteiger partial charge in [-0.05, 0) is 31.4 Å². The molecule has 2 atom stereocenters. The number of aryl methyl sites for hydroxylation is 1. The predicted octanol–water partition coefficient (Wildman–Crippen LogP) is 1.61. The zero-order valence-corrected chi connectivity index (χ0v) is 10.6. The summed E-state index contributed by atoms with van der Waals surface area (Å²) >= 11 is 0. The van der Waals surface area contributed by atoms with Gasteiger partial charge in [-0.15, -0.1) is 0 Å². The van der Waals surface area contributed by atoms with Gasteiger partial charge in [0.05, 0.1) is 17.7 Å². The number of nitrogens with two attached hydrogens (primary N) is 1. The Morgan fingerprint density at radius 2 is 2.11 bits per heavy atom. The van der Waals surface area contributed by atoms with E-state index in [1.807, 2.05) is 19.1 Å². The number of carbonyl (C=O) groups is 1. The minimum Gasteiger partial charge on any atom is -0.398 e. The van der Waals surface area contributed by atoms with Crippen molar-refractivity contribution in [2.24, 2.45) is 0 Å². The summed E-state index contributed by atoms with van der Waals surface area (Å²) in [5.74, 6) is -0.192. The van der Waals surface area contributed by atoms with Crippen LogP contribution in [-0.2, 0) is 0 Å². The van der Waals surface area contributed by atoms with E-state index in [9.17, 15) is 9.90 Å². The molecule has 4 heteroatoms. The van der Waals surface area contributed by atoms with Gasteiger partial charge in [0.15, 0.2) is 0 Å². The first-order valence-corrected chi connectivity index (χ1v) is 6.43. The van der Waals surface area contributed by atoms with Gasteiger partial charge < -0.3 is 16.2 Å². The van der Waals surface area contributed by atoms with Crippen LogP contribution in [0.4, 0.5) is 5.69 Å². The van der Waals surface area contributed by atoms with Crippen LogP contribution in [0.2, 0.25) is 0 Å². The van der Waals surface area contributed by atoms with E-state index in [2.05, 4.69) is 5.32 Å². The normalized spacial score (nSPS) is 23.7. The highest BCUT2D eigenvalue weighted by atomic mass is 16.3. The quantitative estimate of drug-likeness (QED) is 0.696. The van der Waals surface area contributed by atoms with Crippen LogP contribution in [0.5, 0.6) is 0 Å². The van der Waals surface area contributed by atoms with Crippen molar-refractivity contribution in [3.8, 4) is 0 Å². The molecule has 0 heterocycles. The van der Waals surface area contributed by atoms with Crippen molar-refractivity contribution < 1.29 is 9.90 Å². The molecule has 1 aromatic carbocycles. The van der Waals surface area contributed by atoms with Crippen molar-refractivity contribution in [1.82, 2.24) is 5.32 Å². The van der Waals surface area contributed by atoms with Gasteiger partial charge in [0.2, 0.25) is 0 Å². The molecule has 0 bridgehead atoms. The average molecular weight is 248 g/mol. The number of aliphatic hydroxyl groups excluding tert-OH is 1. The lowest BCUT2D eigenvalue weighted by atomic mass is 9.92. The molecule has 0 aromatic heterocycles. The van der Waals surface area contributed by atoms with Crippen molar-refractivity contribution in [1.29, 1.82) is 0 Å². The van der Waals surface area contributed by atoms with Crippen molar-refractivity contribution in [3.63, 3.8) is 0 Å². The lowest BCUT2D eigenvalue weighted by Gasteiger charge is -2.28. The van der Waals surface area contributed by atoms with Gasteiger partial charge in [-0.1, -0.05) is 25.0 Å². The Kier molecular flexibility index (Phi) is 3.87. The third-order valence-corrected chi connectivity index (χ3v) is 3.61. The third-order valence-electron chi connectivity index (χ3n) is 3.61. The molecule has 18 heavy (non-hydrogen) atoms. The van der Waals surface area contributed by atoms with Gasteiger partial charge >= 0.3 is 0 Å². The third kappa shape index (κ3) is 2.64. The maximum Gasteiger partial charge on any atom is 0.253 e. The molecule has 1 aromatic rings. The summed E-state index contributed by atoms with van der Waals surface area (Å²) in [4.78, 5) is 12.1. The lowest BCUT2D eigenvalue weighted by molar-refractivity contribution is 0.0718. The van der Waals surface area contributed by atoms with Gasteiger partial charge in [-0.2, -0.15) is 0 Å². The Hall–Kier alpha value is -1.55. The maximum absolute atomic E-state index is 12.1. The molecule has 2 rings (SSSR count). The number of anilines is 1. The first-order chi connectivity index (χ1) is 8.59. The number of aliphatic hydroxyl groups is 1. The van der Waals surface area contributed by atoms with E-state index >= 15 is 0 Å². The fourth-order valence-electron chi connectivity index (χ4n) is 2.40. The monoisotopic (exact) mass is 248 g/mol. The summed E-state index contributed by atoms with van der Waals surface area (Å²) in [6.45, 7) is 1.88. The van der Waals surface area contributed by atoms with Gasteiger partial charge in [0, 0.05) is 5.69 Å². The van der Waals surface area contributed by atoms with E-state index in [0.717, 1.165) is 31.2 Å². The molecular formula is C14H20N2O2. The standard InChI is InChI=1S/C14H20N2O2/c1-9-5-4-6-10(13(9)15)14(18)16-11-7-2-3-8-12(11)17/h4-6,11-12,17H,2-3,7-8,15H2,1H3,(H,16,18)/t11-,12-/m0/s1. The zero-order chi connectivity index (χ0) is 13.1. The number of nitrogens with one attached hydrogen (secondary N) is 1. The topological polar surface area (TPSA) is 75.3 Å². The number of hydrogen-bond donors (Lipinski definition) is 3. The smallest absolute Gasteiger partial charge is 0.253 e. The molecule has 98 valence electrons. The van der Waals surface area contributed by atoms with E-state index in [-0.39, 0.29) is 11.9 Å². The lowest BCUT2D eigenvalue weighted by Crippen LogP contribution is -2.45. The fourth-order valence-corrected chi connectivity index (χ4v) is 2.40. The molecule has 0 aliphatic heterocycles. The second-order valence-electron chi connectivity index (χ2n) is 4.97. The van der Waals surface area contributed by atoms with E-state index in [1.165, 1.54) is 0 Å². The molecule has 0 radical (unpaired) electrons. The maximum atomic E-state index is 12.1. The number of para-hydroxylation sites is 1. The highest BCUT2D eigenvalue weighted by Gasteiger charge is 2.25. The number of amides is 1. The predicted molar refractivity (Wildman–Crippen MR) is 71.3 cm³/mol. The number of nitrogen functional groups attached to an aromatic ring is 1. The van der Waals surface area contributed by atoms with Crippen LogP contribution in [0.15, 0.2) is 18.2 Å². The van der Waals surface area contributed by atoms with Crippen molar-refractivity contribution >= 4 is 11.6 Å². The Morgan fingerprint density at radius 1 is 1.39 bits per heavy atom. The summed E-state index contributed by atoms with van der Waals surface area (Å²) in [7, 11) is 0. The molecule has 0 saturated heterocycles. The summed E-state index contributed by atoms with van der Waals surface area (Å²) in [5.41, 5.74) is 7.80. The van der Waals surface area contributed by atoms with Gasteiger partial charge in [-0.3, -0.25) is 4.79 Å². The van der Waals surface area contributed by atoms with E-state index in [4.69, 9.17) is 5.73 Å². The number of carbonyl (C=O) groups excluding carboxylic acids is 1. The molecule has 1 amide bonds. The number of benzene rings is 1. The van der Waals surface area contributed by atoms with Crippen molar-refractivity contribution in [2.45, 2.75) is 44.8 Å². The van der Waals surface area contributed by atoms with Crippen LogP contribution < -0.4 is 11.1 Å². The largest absolute Gasteiger partial charge is 0.398 e. The van der Waals surface area contributed by atoms with Crippen LogP contribution in [0.3, 0.4) is 0 Å². The van der Waals surface area contributed by atoms with E-state index in [1.54, 1.807) is 6.07 Å². The van der Waals surface area contributed by atoms with Gasteiger partial charge in [0.25, 0.3) is 5.91 Å². The summed E-state index contributed by atoms with van der Waals surface area (Å²) in [6, 6.07) is 5.26. The average Bonchev–Trinajstić information content (AvgIpc) is 2.35. The molecule has 1 fully saturated rings. The van der Waals surface area contributed by atoms with Crippen molar-refractivity contribution in [3.05, 3.63) is 29.3 Å². The molecule has 1 saturated carbocycles. The highest BCUT2D eigenvalue weighted by Crippen LogP contribution is 2.20. The molecule has 4 nitrogen and oxygen atoms in total. The van der Waals surface area contributed by atoms with Crippen LogP contribution in [0.1, 0.15) is 41.6 Å². The minimum absolute atomic E-state index is 0.147. The molecule has 4 N–H and O–H groups in total. The molecule has 1 aliphatic carbocycles. The SMILES string of the molecule is Cc1cccc(C(=O)N[C@H]2CCCC[C@@H]2O)c1N. The van der Waals surface area contributed by atoms with Crippen LogP contribution in [0, 0.1) is 6.92 Å². The Bertz CT molecular complexity index is 445. The first kappa shape index (κ1) is 12.9. The fraction of sp³-hybridized carbons (Fsp3) is 0.500. The summed E-state index contributed by atoms with van der Waals surface area (Å²) in [5, 5.41) is 12.7. The van der Waals surface area contributed by atoms with E-state index < -0.39 is 6.10 Å². The van der Waals surface area contributed by atoms with Crippen LogP contribution in [-0.4, -0.2) is 23.2 Å². The Morgan fingerprint density at radius 3 is 2.83 bits per heavy atom. The minimum atomic E-state index is -0.436. The van der Waals surface area contributed by atoms with Gasteiger partial charge in [0.1, 0.15) is 0 Å². The Labute approximate surface area is 107 Å². The van der Waals surface area contributed by atoms with Gasteiger partial charge in [-0.25, -0.2) is 0 Å². The first-order valence-electron chi connectivity index (χ1n) is 6.43. The van der Waals surface area contributed by atoms with E-state index in [0.29, 0.717) is 11.3 Å². The highest BCUT2D eigenvalue weighted by molar-refractivity contribution is 5.99. The van der Waals surface area contributed by atoms with Crippen LogP contribution in [0.25, 0.3) is 0 Å². The Balaban J connectivity index is 2.09. The second kappa shape index (κ2) is 5.40. The zero-order valence-electron chi connectivity index (χ0n) is 10.6. The van der Waals surface area contributed by atoms with Crippen molar-refractivity contribution in [2.75, 3.05) is 5.73 Å². The molecule has 0 spiro atoms. The molecular weight excluding hydrogens is 228 g/mol. The number of hydrogen-bond acceptors (Lipinski definition) is 3. The molecule has 1 aliphatic rings. The second-order valence-corrected chi connectivity index (χ2v) is 4.97. The molecule has 0 unspecified atom stereocenters. The summed E-state index contributed by atoms with van der Waals surface area (Å²) in [6.07, 6.45) is 3.23. The summed E-state index contributed by atoms with van der Waals surface area (Å²) < 4.78 is 0. The van der Waals surface area contributed by atoms with Crippen LogP contribution >= 0.6 is 0 Å².